The Bertz CT molecular complexity index is 898. The minimum absolute atomic E-state index is 0.0567. The van der Waals surface area contributed by atoms with E-state index in [4.69, 9.17) is 11.6 Å². The quantitative estimate of drug-likeness (QED) is 0.796. The number of amides is 2. The van der Waals surface area contributed by atoms with E-state index in [0.717, 1.165) is 41.8 Å². The molecule has 154 valence electrons. The highest BCUT2D eigenvalue weighted by atomic mass is 35.5. The molecule has 3 rings (SSSR count). The van der Waals surface area contributed by atoms with Crippen LogP contribution in [0.3, 0.4) is 0 Å². The fourth-order valence-electron chi connectivity index (χ4n) is 4.06. The monoisotopic (exact) mass is 427 g/mol. The van der Waals surface area contributed by atoms with Gasteiger partial charge in [-0.2, -0.15) is 4.31 Å². The van der Waals surface area contributed by atoms with Crippen LogP contribution < -0.4 is 10.2 Å². The van der Waals surface area contributed by atoms with Crippen molar-refractivity contribution in [1.29, 1.82) is 0 Å². The van der Waals surface area contributed by atoms with E-state index in [9.17, 15) is 18.0 Å². The zero-order valence-corrected chi connectivity index (χ0v) is 17.9. The summed E-state index contributed by atoms with van der Waals surface area (Å²) < 4.78 is 25.4. The molecule has 1 aliphatic carbocycles. The number of nitrogens with zero attached hydrogens (tertiary/aromatic N) is 2. The average molecular weight is 428 g/mol. The van der Waals surface area contributed by atoms with Crippen molar-refractivity contribution < 1.29 is 18.0 Å². The number of hydrogen-bond donors (Lipinski definition) is 1. The highest BCUT2D eigenvalue weighted by Crippen LogP contribution is 2.34. The van der Waals surface area contributed by atoms with Gasteiger partial charge in [-0.25, -0.2) is 8.42 Å². The smallest absolute Gasteiger partial charge is 0.247 e. The van der Waals surface area contributed by atoms with E-state index >= 15 is 0 Å². The Balaban J connectivity index is 2.03. The summed E-state index contributed by atoms with van der Waals surface area (Å²) in [7, 11) is -3.63. The molecule has 1 aromatic carbocycles. The van der Waals surface area contributed by atoms with Crippen LogP contribution in [-0.4, -0.2) is 55.5 Å². The molecular weight excluding hydrogens is 402 g/mol. The first kappa shape index (κ1) is 21.1. The molecule has 1 heterocycles. The molecule has 28 heavy (non-hydrogen) atoms. The lowest BCUT2D eigenvalue weighted by Crippen LogP contribution is -2.70. The first-order valence-electron chi connectivity index (χ1n) is 9.37. The number of rotatable bonds is 4. The zero-order chi connectivity index (χ0) is 20.7. The van der Waals surface area contributed by atoms with Gasteiger partial charge in [0, 0.05) is 23.3 Å². The van der Waals surface area contributed by atoms with Crippen LogP contribution in [0.1, 0.15) is 38.2 Å². The Labute approximate surface area is 171 Å². The number of piperazine rings is 1. The van der Waals surface area contributed by atoms with Crippen molar-refractivity contribution in [2.75, 3.05) is 24.2 Å². The molecule has 1 aromatic rings. The van der Waals surface area contributed by atoms with Crippen LogP contribution in [0.4, 0.5) is 5.69 Å². The van der Waals surface area contributed by atoms with E-state index in [2.05, 4.69) is 5.32 Å². The van der Waals surface area contributed by atoms with E-state index in [0.29, 0.717) is 10.7 Å². The van der Waals surface area contributed by atoms with Gasteiger partial charge < -0.3 is 5.32 Å². The lowest BCUT2D eigenvalue weighted by Gasteiger charge is -2.47. The minimum Gasteiger partial charge on any atom is -0.351 e. The fourth-order valence-corrected chi connectivity index (χ4v) is 5.11. The molecule has 0 aromatic heterocycles. The van der Waals surface area contributed by atoms with Crippen LogP contribution in [0, 0.1) is 6.92 Å². The van der Waals surface area contributed by atoms with Crippen LogP contribution in [-0.2, 0) is 19.6 Å². The van der Waals surface area contributed by atoms with Gasteiger partial charge in [0.15, 0.2) is 0 Å². The van der Waals surface area contributed by atoms with Gasteiger partial charge in [0.1, 0.15) is 5.54 Å². The molecule has 2 amide bonds. The number of carbonyl (C=O) groups is 2. The van der Waals surface area contributed by atoms with E-state index < -0.39 is 21.5 Å². The van der Waals surface area contributed by atoms with Gasteiger partial charge in [-0.1, -0.05) is 24.4 Å². The van der Waals surface area contributed by atoms with Crippen molar-refractivity contribution >= 4 is 39.1 Å². The molecular formula is C19H26ClN3O4S. The van der Waals surface area contributed by atoms with Crippen molar-refractivity contribution in [2.24, 2.45) is 0 Å². The first-order valence-corrected chi connectivity index (χ1v) is 11.6. The van der Waals surface area contributed by atoms with E-state index in [-0.39, 0.29) is 25.0 Å². The van der Waals surface area contributed by atoms with Gasteiger partial charge in [0.2, 0.25) is 21.8 Å². The normalized spacial score (nSPS) is 24.6. The summed E-state index contributed by atoms with van der Waals surface area (Å²) in [5.41, 5.74) is -0.0558. The molecule has 1 saturated carbocycles. The number of anilines is 1. The standard InChI is InChI=1S/C19H26ClN3O4S/c1-13-10-14(20)8-9-16(13)23-17(24)11-22(28(3,26)27)12-19(23,2)18(25)21-15-6-4-5-7-15/h8-10,15H,4-7,11-12H2,1-3H3,(H,21,25). The Morgan fingerprint density at radius 1 is 1.29 bits per heavy atom. The maximum absolute atomic E-state index is 13.3. The number of nitrogens with one attached hydrogen (secondary N) is 1. The van der Waals surface area contributed by atoms with Crippen LogP contribution in [0.15, 0.2) is 18.2 Å². The van der Waals surface area contributed by atoms with Gasteiger partial charge in [0.25, 0.3) is 0 Å². The maximum Gasteiger partial charge on any atom is 0.247 e. The number of sulfonamides is 1. The molecule has 0 spiro atoms. The summed E-state index contributed by atoms with van der Waals surface area (Å²) in [4.78, 5) is 27.8. The third-order valence-electron chi connectivity index (χ3n) is 5.59. The summed E-state index contributed by atoms with van der Waals surface area (Å²) in [6, 6.07) is 5.14. The molecule has 1 atom stereocenters. The van der Waals surface area contributed by atoms with Gasteiger partial charge in [-0.15, -0.1) is 0 Å². The predicted octanol–water partition coefficient (Wildman–Crippen LogP) is 2.07. The Morgan fingerprint density at radius 3 is 2.50 bits per heavy atom. The third kappa shape index (κ3) is 4.04. The molecule has 2 fully saturated rings. The molecule has 1 unspecified atom stereocenters. The Hall–Kier alpha value is -1.64. The highest BCUT2D eigenvalue weighted by Gasteiger charge is 2.51. The Kier molecular flexibility index (Phi) is 5.76. The summed E-state index contributed by atoms with van der Waals surface area (Å²) >= 11 is 6.05. The number of carbonyl (C=O) groups excluding carboxylic acids is 2. The molecule has 1 N–H and O–H groups in total. The van der Waals surface area contributed by atoms with Crippen LogP contribution in [0.2, 0.25) is 5.02 Å². The first-order chi connectivity index (χ1) is 13.0. The second-order valence-corrected chi connectivity index (χ2v) is 10.3. The molecule has 2 aliphatic rings. The topological polar surface area (TPSA) is 86.8 Å². The molecule has 1 saturated heterocycles. The van der Waals surface area contributed by atoms with Crippen LogP contribution in [0.25, 0.3) is 0 Å². The van der Waals surface area contributed by atoms with Crippen molar-refractivity contribution in [3.63, 3.8) is 0 Å². The highest BCUT2D eigenvalue weighted by molar-refractivity contribution is 7.88. The van der Waals surface area contributed by atoms with Gasteiger partial charge in [-0.3, -0.25) is 14.5 Å². The summed E-state index contributed by atoms with van der Waals surface area (Å²) in [6.07, 6.45) is 4.95. The molecule has 0 bridgehead atoms. The van der Waals surface area contributed by atoms with E-state index in [1.165, 1.54) is 4.90 Å². The van der Waals surface area contributed by atoms with Gasteiger partial charge >= 0.3 is 0 Å². The lowest BCUT2D eigenvalue weighted by atomic mass is 9.93. The summed E-state index contributed by atoms with van der Waals surface area (Å²) in [5.74, 6) is -0.776. The number of hydrogen-bond acceptors (Lipinski definition) is 4. The van der Waals surface area contributed by atoms with Gasteiger partial charge in [0.05, 0.1) is 12.8 Å². The number of benzene rings is 1. The summed E-state index contributed by atoms with van der Waals surface area (Å²) in [5, 5.41) is 3.56. The second-order valence-electron chi connectivity index (χ2n) is 7.92. The molecule has 7 nitrogen and oxygen atoms in total. The lowest BCUT2D eigenvalue weighted by molar-refractivity contribution is -0.133. The number of halogens is 1. The largest absolute Gasteiger partial charge is 0.351 e. The van der Waals surface area contributed by atoms with Crippen LogP contribution >= 0.6 is 11.6 Å². The summed E-state index contributed by atoms with van der Waals surface area (Å²) in [6.45, 7) is 3.04. The minimum atomic E-state index is -3.63. The molecule has 0 radical (unpaired) electrons. The molecule has 1 aliphatic heterocycles. The van der Waals surface area contributed by atoms with Crippen molar-refractivity contribution in [3.05, 3.63) is 28.8 Å². The van der Waals surface area contributed by atoms with Crippen molar-refractivity contribution in [1.82, 2.24) is 9.62 Å². The maximum atomic E-state index is 13.3. The van der Waals surface area contributed by atoms with Crippen molar-refractivity contribution in [3.8, 4) is 0 Å². The van der Waals surface area contributed by atoms with Gasteiger partial charge in [-0.05, 0) is 50.5 Å². The van der Waals surface area contributed by atoms with Crippen LogP contribution in [0.5, 0.6) is 0 Å². The average Bonchev–Trinajstić information content (AvgIpc) is 3.08. The SMILES string of the molecule is Cc1cc(Cl)ccc1N1C(=O)CN(S(C)(=O)=O)CC1(C)C(=O)NC1CCCC1. The van der Waals surface area contributed by atoms with E-state index in [1.54, 1.807) is 25.1 Å². The predicted molar refractivity (Wildman–Crippen MR) is 109 cm³/mol. The van der Waals surface area contributed by atoms with E-state index in [1.807, 2.05) is 6.92 Å². The molecule has 9 heteroatoms. The number of aryl methyl sites for hydroxylation is 1. The third-order valence-corrected chi connectivity index (χ3v) is 7.02. The fraction of sp³-hybridized carbons (Fsp3) is 0.579. The van der Waals surface area contributed by atoms with Crippen molar-refractivity contribution in [2.45, 2.75) is 51.1 Å². The zero-order valence-electron chi connectivity index (χ0n) is 16.4. The second kappa shape index (κ2) is 7.65. The Morgan fingerprint density at radius 2 is 1.93 bits per heavy atom.